The molecule has 2 aliphatic heterocycles. The maximum Gasteiger partial charge on any atom is 0.303 e. The van der Waals surface area contributed by atoms with E-state index in [1.165, 1.54) is 4.21 Å². The number of carboxylic acid groups (broad SMARTS) is 1. The molecule has 0 saturated carbocycles. The number of likely N-dealkylation sites (tertiary alicyclic amines) is 1. The van der Waals surface area contributed by atoms with Crippen molar-refractivity contribution in [2.75, 3.05) is 58.8 Å². The van der Waals surface area contributed by atoms with Gasteiger partial charge in [0.1, 0.15) is 5.75 Å². The molecule has 2 fully saturated rings. The van der Waals surface area contributed by atoms with Crippen LogP contribution < -0.4 is 4.74 Å². The van der Waals surface area contributed by atoms with E-state index < -0.39 is 12.1 Å². The molecular weight excluding hydrogens is 558 g/mol. The van der Waals surface area contributed by atoms with Crippen LogP contribution >= 0.6 is 23.1 Å². The molecule has 8 nitrogen and oxygen atoms in total. The Morgan fingerprint density at radius 2 is 2.00 bits per heavy atom. The van der Waals surface area contributed by atoms with E-state index in [9.17, 15) is 15.0 Å². The highest BCUT2D eigenvalue weighted by Gasteiger charge is 2.37. The van der Waals surface area contributed by atoms with Gasteiger partial charge in [0.05, 0.1) is 42.6 Å². The van der Waals surface area contributed by atoms with Gasteiger partial charge in [0.2, 0.25) is 0 Å². The summed E-state index contributed by atoms with van der Waals surface area (Å²) in [6.07, 6.45) is 4.15. The lowest BCUT2D eigenvalue weighted by Crippen LogP contribution is -2.42. The van der Waals surface area contributed by atoms with Gasteiger partial charge in [-0.15, -0.1) is 23.1 Å². The van der Waals surface area contributed by atoms with E-state index in [4.69, 9.17) is 14.5 Å². The van der Waals surface area contributed by atoms with Gasteiger partial charge < -0.3 is 24.6 Å². The highest BCUT2D eigenvalue weighted by Crippen LogP contribution is 2.43. The molecule has 0 amide bonds. The minimum Gasteiger partial charge on any atom is -0.497 e. The second-order valence-corrected chi connectivity index (χ2v) is 13.6. The van der Waals surface area contributed by atoms with E-state index in [1.54, 1.807) is 18.4 Å². The van der Waals surface area contributed by atoms with Crippen LogP contribution in [0.4, 0.5) is 0 Å². The van der Waals surface area contributed by atoms with Crippen molar-refractivity contribution >= 4 is 40.0 Å². The van der Waals surface area contributed by atoms with Crippen molar-refractivity contribution in [1.29, 1.82) is 0 Å². The minimum absolute atomic E-state index is 0.142. The third-order valence-electron chi connectivity index (χ3n) is 8.57. The number of methoxy groups -OCH3 is 1. The highest BCUT2D eigenvalue weighted by atomic mass is 32.2. The number of aromatic nitrogens is 1. The van der Waals surface area contributed by atoms with Gasteiger partial charge in [-0.05, 0) is 85.0 Å². The van der Waals surface area contributed by atoms with E-state index in [1.807, 2.05) is 36.2 Å². The zero-order chi connectivity index (χ0) is 28.7. The molecule has 4 heterocycles. The van der Waals surface area contributed by atoms with Crippen molar-refractivity contribution in [2.24, 2.45) is 5.41 Å². The fraction of sp³-hybridized carbons (Fsp3) is 0.548. The van der Waals surface area contributed by atoms with Crippen molar-refractivity contribution in [3.63, 3.8) is 0 Å². The Bertz CT molecular complexity index is 1270. The third-order valence-corrected chi connectivity index (χ3v) is 10.7. The van der Waals surface area contributed by atoms with Gasteiger partial charge in [-0.25, -0.2) is 0 Å². The number of aliphatic hydroxyl groups excluding tert-OH is 1. The Balaban J connectivity index is 1.29. The number of ether oxygens (including phenoxy) is 2. The Hall–Kier alpha value is -2.21. The van der Waals surface area contributed by atoms with Gasteiger partial charge in [0, 0.05) is 43.5 Å². The highest BCUT2D eigenvalue weighted by molar-refractivity contribution is 8.01. The number of carbonyl (C=O) groups is 1. The summed E-state index contributed by atoms with van der Waals surface area (Å²) >= 11 is 3.66. The molecule has 0 aliphatic carbocycles. The normalized spacial score (nSPS) is 18.9. The van der Waals surface area contributed by atoms with E-state index in [0.717, 1.165) is 79.1 Å². The minimum atomic E-state index is -0.756. The number of rotatable bonds is 13. The fourth-order valence-electron chi connectivity index (χ4n) is 6.18. The molecule has 0 spiro atoms. The summed E-state index contributed by atoms with van der Waals surface area (Å²) in [4.78, 5) is 21.5. The molecule has 2 saturated heterocycles. The number of pyridine rings is 1. The Labute approximate surface area is 250 Å². The third kappa shape index (κ3) is 8.00. The van der Waals surface area contributed by atoms with Crippen molar-refractivity contribution < 1.29 is 24.5 Å². The Kier molecular flexibility index (Phi) is 10.6. The smallest absolute Gasteiger partial charge is 0.303 e. The molecule has 3 aromatic rings. The number of fused-ring (bicyclic) bond motifs is 1. The van der Waals surface area contributed by atoms with Crippen molar-refractivity contribution in [2.45, 2.75) is 49.0 Å². The van der Waals surface area contributed by atoms with E-state index >= 15 is 0 Å². The van der Waals surface area contributed by atoms with Gasteiger partial charge in [-0.1, -0.05) is 6.07 Å². The lowest BCUT2D eigenvalue weighted by molar-refractivity contribution is -0.141. The first kappa shape index (κ1) is 30.3. The first-order chi connectivity index (χ1) is 19.9. The van der Waals surface area contributed by atoms with Crippen LogP contribution in [0.15, 0.2) is 46.1 Å². The van der Waals surface area contributed by atoms with E-state index in [-0.39, 0.29) is 11.8 Å². The molecule has 10 heteroatoms. The van der Waals surface area contributed by atoms with Crippen LogP contribution in [0.3, 0.4) is 0 Å². The first-order valence-electron chi connectivity index (χ1n) is 14.5. The number of benzene rings is 1. The molecule has 1 atom stereocenters. The van der Waals surface area contributed by atoms with Crippen LogP contribution in [-0.2, 0) is 16.1 Å². The maximum atomic E-state index is 12.0. The van der Waals surface area contributed by atoms with E-state index in [0.29, 0.717) is 32.6 Å². The summed E-state index contributed by atoms with van der Waals surface area (Å²) in [7, 11) is 1.64. The predicted molar refractivity (Wildman–Crippen MR) is 164 cm³/mol. The number of aliphatic carboxylic acids is 1. The van der Waals surface area contributed by atoms with E-state index in [2.05, 4.69) is 27.3 Å². The van der Waals surface area contributed by atoms with Crippen LogP contribution in [-0.4, -0.2) is 89.8 Å². The molecule has 1 aromatic carbocycles. The van der Waals surface area contributed by atoms with Crippen LogP contribution in [0.1, 0.15) is 49.3 Å². The predicted octanol–water partition coefficient (Wildman–Crippen LogP) is 5.30. The molecule has 5 rings (SSSR count). The molecule has 0 radical (unpaired) electrons. The number of thiophene rings is 1. The Morgan fingerprint density at radius 3 is 2.71 bits per heavy atom. The number of nitrogens with zero attached hydrogens (tertiary/aromatic N) is 3. The molecule has 0 unspecified atom stereocenters. The quantitative estimate of drug-likeness (QED) is 0.254. The summed E-state index contributed by atoms with van der Waals surface area (Å²) in [5, 5.41) is 24.6. The number of thioether (sulfide) groups is 1. The number of aliphatic hydroxyl groups is 1. The summed E-state index contributed by atoms with van der Waals surface area (Å²) in [5.74, 6) is 1.01. The average Bonchev–Trinajstić information content (AvgIpc) is 3.50. The number of piperidine rings is 1. The summed E-state index contributed by atoms with van der Waals surface area (Å²) in [5.41, 5.74) is 2.40. The van der Waals surface area contributed by atoms with Crippen LogP contribution in [0, 0.1) is 5.41 Å². The van der Waals surface area contributed by atoms with Gasteiger partial charge in [0.25, 0.3) is 0 Å². The van der Waals surface area contributed by atoms with Crippen molar-refractivity contribution in [1.82, 2.24) is 14.8 Å². The maximum absolute atomic E-state index is 12.0. The van der Waals surface area contributed by atoms with Gasteiger partial charge in [0.15, 0.2) is 0 Å². The van der Waals surface area contributed by atoms with Crippen LogP contribution in [0.25, 0.3) is 10.9 Å². The van der Waals surface area contributed by atoms with Gasteiger partial charge in [-0.2, -0.15) is 0 Å². The molecule has 222 valence electrons. The standard InChI is InChI=1S/C31H41N3O5S2/c1-38-24-4-5-26-25(19-24)30(23(21-32-26)22-34-12-15-39-16-13-34)27(35)6-7-31(20-28(36)37)8-10-33(11-9-31)14-18-41-29-3-2-17-40-29/h2-5,17,19,21,27,35H,6-16,18,20,22H2,1H3,(H,36,37)/t27-/m0/s1. The lowest BCUT2D eigenvalue weighted by Gasteiger charge is -2.41. The zero-order valence-corrected chi connectivity index (χ0v) is 25.4. The molecule has 0 bridgehead atoms. The second-order valence-electron chi connectivity index (χ2n) is 11.2. The zero-order valence-electron chi connectivity index (χ0n) is 23.8. The first-order valence-corrected chi connectivity index (χ1v) is 16.4. The molecule has 2 aromatic heterocycles. The SMILES string of the molecule is COc1ccc2ncc(CN3CCOCC3)c([C@@H](O)CCC3(CC(=O)O)CCN(CCSc4cccs4)CC3)c2c1. The summed E-state index contributed by atoms with van der Waals surface area (Å²) in [6, 6.07) is 10.0. The monoisotopic (exact) mass is 599 g/mol. The molecule has 2 N–H and O–H groups in total. The topological polar surface area (TPSA) is 95.4 Å². The van der Waals surface area contributed by atoms with Crippen molar-refractivity contribution in [3.05, 3.63) is 53.0 Å². The molecular formula is C31H41N3O5S2. The number of hydrogen-bond acceptors (Lipinski definition) is 9. The second kappa shape index (κ2) is 14.3. The fourth-order valence-corrected chi connectivity index (χ4v) is 8.04. The number of morpholine rings is 1. The lowest BCUT2D eigenvalue weighted by atomic mass is 9.71. The van der Waals surface area contributed by atoms with Crippen LogP contribution in [0.2, 0.25) is 0 Å². The average molecular weight is 600 g/mol. The Morgan fingerprint density at radius 1 is 1.20 bits per heavy atom. The van der Waals surface area contributed by atoms with Gasteiger partial charge >= 0.3 is 5.97 Å². The van der Waals surface area contributed by atoms with Crippen LogP contribution in [0.5, 0.6) is 5.75 Å². The largest absolute Gasteiger partial charge is 0.497 e. The number of carboxylic acids is 1. The molecule has 41 heavy (non-hydrogen) atoms. The summed E-state index contributed by atoms with van der Waals surface area (Å²) in [6.45, 7) is 6.57. The number of hydrogen-bond donors (Lipinski definition) is 2. The van der Waals surface area contributed by atoms with Crippen molar-refractivity contribution in [3.8, 4) is 5.75 Å². The summed E-state index contributed by atoms with van der Waals surface area (Å²) < 4.78 is 12.4. The molecule has 2 aliphatic rings. The van der Waals surface area contributed by atoms with Gasteiger partial charge in [-0.3, -0.25) is 14.7 Å².